The molecule has 0 radical (unpaired) electrons. The van der Waals surface area contributed by atoms with E-state index in [9.17, 15) is 0 Å². The zero-order chi connectivity index (χ0) is 12.5. The molecule has 1 aromatic carbocycles. The monoisotopic (exact) mass is 273 g/mol. The second-order valence-corrected chi connectivity index (χ2v) is 5.45. The van der Waals surface area contributed by atoms with Gasteiger partial charge in [-0.25, -0.2) is 0 Å². The normalized spacial score (nSPS) is 12.6. The van der Waals surface area contributed by atoms with E-state index >= 15 is 0 Å². The molecule has 0 saturated heterocycles. The van der Waals surface area contributed by atoms with E-state index in [0.29, 0.717) is 0 Å². The second kappa shape index (κ2) is 8.81. The molecule has 96 valence electrons. The molecule has 2 nitrogen and oxygen atoms in total. The smallest absolute Gasteiger partial charge is 0.0584 e. The number of hydrogen-bond donors (Lipinski definition) is 2. The lowest BCUT2D eigenvalue weighted by atomic mass is 10.2. The molecule has 0 spiro atoms. The van der Waals surface area contributed by atoms with Crippen molar-refractivity contribution in [2.45, 2.75) is 25.1 Å². The number of benzene rings is 1. The Kier molecular flexibility index (Phi) is 7.69. The summed E-state index contributed by atoms with van der Waals surface area (Å²) in [5.41, 5.74) is 1.29. The first-order valence-electron chi connectivity index (χ1n) is 5.92. The summed E-state index contributed by atoms with van der Waals surface area (Å²) >= 11 is 7.71. The minimum absolute atomic E-state index is 0.218. The molecule has 0 aliphatic heterocycles. The summed E-state index contributed by atoms with van der Waals surface area (Å²) < 4.78 is 0. The predicted molar refractivity (Wildman–Crippen MR) is 76.8 cm³/mol. The van der Waals surface area contributed by atoms with Gasteiger partial charge in [-0.3, -0.25) is 0 Å². The van der Waals surface area contributed by atoms with Crippen LogP contribution in [0.15, 0.2) is 24.3 Å². The summed E-state index contributed by atoms with van der Waals surface area (Å²) in [5, 5.41) is 13.2. The third kappa shape index (κ3) is 6.32. The van der Waals surface area contributed by atoms with Crippen LogP contribution in [0.4, 0.5) is 0 Å². The van der Waals surface area contributed by atoms with E-state index in [4.69, 9.17) is 16.7 Å². The van der Waals surface area contributed by atoms with Crippen molar-refractivity contribution in [1.29, 1.82) is 0 Å². The zero-order valence-electron chi connectivity index (χ0n) is 10.2. The summed E-state index contributed by atoms with van der Waals surface area (Å²) in [4.78, 5) is 0. The van der Waals surface area contributed by atoms with Gasteiger partial charge in [-0.15, -0.1) is 0 Å². The first-order chi connectivity index (χ1) is 8.26. The van der Waals surface area contributed by atoms with Gasteiger partial charge in [-0.1, -0.05) is 30.7 Å². The predicted octanol–water partition coefficient (Wildman–Crippen LogP) is 2.93. The molecular weight excluding hydrogens is 254 g/mol. The molecule has 0 fully saturated rings. The maximum absolute atomic E-state index is 9.12. The van der Waals surface area contributed by atoms with E-state index in [2.05, 4.69) is 24.4 Å². The highest BCUT2D eigenvalue weighted by Crippen LogP contribution is 2.16. The van der Waals surface area contributed by atoms with Gasteiger partial charge in [0.2, 0.25) is 0 Å². The Labute approximate surface area is 113 Å². The Morgan fingerprint density at radius 2 is 2.06 bits per heavy atom. The fraction of sp³-hybridized carbons (Fsp3) is 0.538. The maximum Gasteiger partial charge on any atom is 0.0584 e. The molecule has 0 heterocycles. The Hall–Kier alpha value is -0.220. The summed E-state index contributed by atoms with van der Waals surface area (Å²) in [6.07, 6.45) is 1.00. The van der Waals surface area contributed by atoms with Crippen LogP contribution in [-0.4, -0.2) is 30.1 Å². The fourth-order valence-corrected chi connectivity index (χ4v) is 2.69. The zero-order valence-corrected chi connectivity index (χ0v) is 11.7. The van der Waals surface area contributed by atoms with Crippen LogP contribution < -0.4 is 5.32 Å². The molecule has 0 aliphatic rings. The molecule has 2 N–H and O–H groups in total. The van der Waals surface area contributed by atoms with E-state index in [1.165, 1.54) is 5.56 Å². The molecule has 0 amide bonds. The van der Waals surface area contributed by atoms with Crippen molar-refractivity contribution in [3.8, 4) is 0 Å². The van der Waals surface area contributed by atoms with Gasteiger partial charge < -0.3 is 10.4 Å². The Morgan fingerprint density at radius 3 is 2.65 bits per heavy atom. The van der Waals surface area contributed by atoms with Gasteiger partial charge in [0.15, 0.2) is 0 Å². The van der Waals surface area contributed by atoms with Crippen LogP contribution in [0.5, 0.6) is 0 Å². The van der Waals surface area contributed by atoms with Gasteiger partial charge in [-0.2, -0.15) is 11.8 Å². The molecule has 0 saturated carbocycles. The van der Waals surface area contributed by atoms with Crippen LogP contribution >= 0.6 is 23.4 Å². The van der Waals surface area contributed by atoms with Gasteiger partial charge in [0.25, 0.3) is 0 Å². The number of thioether (sulfide) groups is 1. The molecular formula is C13H20ClNOS. The average Bonchev–Trinajstić information content (AvgIpc) is 2.35. The molecule has 1 aromatic rings. The quantitative estimate of drug-likeness (QED) is 0.715. The fourth-order valence-electron chi connectivity index (χ4n) is 1.54. The van der Waals surface area contributed by atoms with E-state index in [0.717, 1.165) is 29.5 Å². The summed E-state index contributed by atoms with van der Waals surface area (Å²) in [7, 11) is 0. The lowest BCUT2D eigenvalue weighted by molar-refractivity contribution is 0.242. The first-order valence-corrected chi connectivity index (χ1v) is 7.46. The SMILES string of the molecule is CCNC(CO)CCSCc1ccc(Cl)cc1. The third-order valence-electron chi connectivity index (χ3n) is 2.51. The van der Waals surface area contributed by atoms with Gasteiger partial charge in [0.1, 0.15) is 0 Å². The molecule has 1 atom stereocenters. The van der Waals surface area contributed by atoms with Gasteiger partial charge >= 0.3 is 0 Å². The van der Waals surface area contributed by atoms with Crippen LogP contribution in [0.25, 0.3) is 0 Å². The van der Waals surface area contributed by atoms with Crippen molar-refractivity contribution in [3.05, 3.63) is 34.9 Å². The molecule has 0 aromatic heterocycles. The van der Waals surface area contributed by atoms with Crippen molar-refractivity contribution >= 4 is 23.4 Å². The topological polar surface area (TPSA) is 32.3 Å². The minimum atomic E-state index is 0.218. The third-order valence-corrected chi connectivity index (χ3v) is 3.82. The highest BCUT2D eigenvalue weighted by Gasteiger charge is 2.04. The largest absolute Gasteiger partial charge is 0.395 e. The molecule has 0 bridgehead atoms. The number of aliphatic hydroxyl groups is 1. The Morgan fingerprint density at radius 1 is 1.35 bits per heavy atom. The number of rotatable bonds is 8. The van der Waals surface area contributed by atoms with E-state index in [-0.39, 0.29) is 12.6 Å². The highest BCUT2D eigenvalue weighted by atomic mass is 35.5. The Bertz CT molecular complexity index is 305. The number of nitrogens with one attached hydrogen (secondary N) is 1. The van der Waals surface area contributed by atoms with E-state index in [1.807, 2.05) is 23.9 Å². The van der Waals surface area contributed by atoms with Crippen molar-refractivity contribution in [2.24, 2.45) is 0 Å². The minimum Gasteiger partial charge on any atom is -0.395 e. The molecule has 0 aliphatic carbocycles. The van der Waals surface area contributed by atoms with Crippen LogP contribution in [0.1, 0.15) is 18.9 Å². The molecule has 17 heavy (non-hydrogen) atoms. The van der Waals surface area contributed by atoms with Crippen LogP contribution in [0, 0.1) is 0 Å². The standard InChI is InChI=1S/C13H20ClNOS/c1-2-15-13(9-16)7-8-17-10-11-3-5-12(14)6-4-11/h3-6,13,15-16H,2,7-10H2,1H3. The first kappa shape index (κ1) is 14.8. The number of likely N-dealkylation sites (N-methyl/N-ethyl adjacent to an activating group) is 1. The second-order valence-electron chi connectivity index (χ2n) is 3.90. The average molecular weight is 274 g/mol. The molecule has 4 heteroatoms. The van der Waals surface area contributed by atoms with Crippen molar-refractivity contribution in [1.82, 2.24) is 5.32 Å². The maximum atomic E-state index is 9.12. The summed E-state index contributed by atoms with van der Waals surface area (Å²) in [5.74, 6) is 2.06. The lowest BCUT2D eigenvalue weighted by Crippen LogP contribution is -2.32. The van der Waals surface area contributed by atoms with Crippen LogP contribution in [0.2, 0.25) is 5.02 Å². The number of aliphatic hydroxyl groups excluding tert-OH is 1. The Balaban J connectivity index is 2.17. The summed E-state index contributed by atoms with van der Waals surface area (Å²) in [6, 6.07) is 8.20. The number of halogens is 1. The van der Waals surface area contributed by atoms with Gasteiger partial charge in [0, 0.05) is 16.8 Å². The van der Waals surface area contributed by atoms with Gasteiger partial charge in [0.05, 0.1) is 6.61 Å². The summed E-state index contributed by atoms with van der Waals surface area (Å²) in [6.45, 7) is 3.19. The van der Waals surface area contributed by atoms with Crippen molar-refractivity contribution < 1.29 is 5.11 Å². The number of hydrogen-bond acceptors (Lipinski definition) is 3. The van der Waals surface area contributed by atoms with E-state index in [1.54, 1.807) is 0 Å². The lowest BCUT2D eigenvalue weighted by Gasteiger charge is -2.14. The van der Waals surface area contributed by atoms with Crippen molar-refractivity contribution in [2.75, 3.05) is 18.9 Å². The van der Waals surface area contributed by atoms with Crippen molar-refractivity contribution in [3.63, 3.8) is 0 Å². The molecule has 1 rings (SSSR count). The van der Waals surface area contributed by atoms with Gasteiger partial charge in [-0.05, 0) is 36.4 Å². The highest BCUT2D eigenvalue weighted by molar-refractivity contribution is 7.98. The molecule has 1 unspecified atom stereocenters. The van der Waals surface area contributed by atoms with Crippen LogP contribution in [0.3, 0.4) is 0 Å². The van der Waals surface area contributed by atoms with Crippen LogP contribution in [-0.2, 0) is 5.75 Å². The van der Waals surface area contributed by atoms with E-state index < -0.39 is 0 Å².